The molecule has 0 bridgehead atoms. The Kier molecular flexibility index (Phi) is 5.23. The van der Waals surface area contributed by atoms with Crippen LogP contribution in [0.5, 0.6) is 0 Å². The van der Waals surface area contributed by atoms with Crippen molar-refractivity contribution in [3.05, 3.63) is 0 Å². The minimum Gasteiger partial charge on any atom is -0.479 e. The molecule has 1 aliphatic heterocycles. The van der Waals surface area contributed by atoms with Crippen LogP contribution in [0.3, 0.4) is 0 Å². The van der Waals surface area contributed by atoms with Crippen LogP contribution in [0.1, 0.15) is 0 Å². The van der Waals surface area contributed by atoms with Gasteiger partial charge < -0.3 is 20.1 Å². The van der Waals surface area contributed by atoms with E-state index in [1.54, 1.807) is 0 Å². The Morgan fingerprint density at radius 3 is 2.82 bits per heavy atom. The van der Waals surface area contributed by atoms with E-state index in [0.717, 1.165) is 0 Å². The fourth-order valence-electron chi connectivity index (χ4n) is 1.25. The fraction of sp³-hybridized carbons (Fsp3) is 0.667. The lowest BCUT2D eigenvalue weighted by Crippen LogP contribution is -2.43. The zero-order valence-electron chi connectivity index (χ0n) is 9.34. The molecule has 0 saturated carbocycles. The summed E-state index contributed by atoms with van der Waals surface area (Å²) in [6.45, 7) is -0.151. The van der Waals surface area contributed by atoms with E-state index in [9.17, 15) is 14.4 Å². The molecule has 7 nitrogen and oxygen atoms in total. The third-order valence-electron chi connectivity index (χ3n) is 2.20. The summed E-state index contributed by atoms with van der Waals surface area (Å²) in [6, 6.07) is 0. The number of carboxylic acids is 1. The highest BCUT2D eigenvalue weighted by Crippen LogP contribution is 2.13. The van der Waals surface area contributed by atoms with Gasteiger partial charge in [-0.3, -0.25) is 9.59 Å². The molecule has 96 valence electrons. The lowest BCUT2D eigenvalue weighted by molar-refractivity contribution is -0.148. The van der Waals surface area contributed by atoms with Crippen LogP contribution >= 0.6 is 11.8 Å². The summed E-state index contributed by atoms with van der Waals surface area (Å²) in [4.78, 5) is 34.7. The molecule has 0 aromatic rings. The molecule has 1 saturated heterocycles. The molecule has 1 heterocycles. The lowest BCUT2D eigenvalue weighted by Gasteiger charge is -2.15. The number of hydrogen-bond acceptors (Lipinski definition) is 5. The molecule has 0 aromatic heterocycles. The number of aliphatic carboxylic acids is 1. The minimum absolute atomic E-state index is 0.0398. The number of ether oxygens (including phenoxy) is 1. The molecule has 2 amide bonds. The van der Waals surface area contributed by atoms with E-state index >= 15 is 0 Å². The van der Waals surface area contributed by atoms with Crippen molar-refractivity contribution in [2.75, 3.05) is 31.8 Å². The third kappa shape index (κ3) is 4.23. The van der Waals surface area contributed by atoms with Crippen molar-refractivity contribution < 1.29 is 24.2 Å². The normalized spacial score (nSPS) is 17.0. The monoisotopic (exact) mass is 262 g/mol. The topological polar surface area (TPSA) is 95.9 Å². The third-order valence-corrected chi connectivity index (χ3v) is 3.15. The van der Waals surface area contributed by atoms with Crippen molar-refractivity contribution in [1.29, 1.82) is 0 Å². The lowest BCUT2D eigenvalue weighted by atomic mass is 10.3. The van der Waals surface area contributed by atoms with E-state index in [-0.39, 0.29) is 24.9 Å². The van der Waals surface area contributed by atoms with E-state index in [0.29, 0.717) is 11.6 Å². The van der Waals surface area contributed by atoms with E-state index in [1.165, 1.54) is 23.8 Å². The first-order valence-electron chi connectivity index (χ1n) is 4.92. The summed E-state index contributed by atoms with van der Waals surface area (Å²) in [6.07, 6.45) is -1.07. The molecular formula is C9H14N2O5S. The van der Waals surface area contributed by atoms with E-state index in [4.69, 9.17) is 5.11 Å². The Labute approximate surface area is 102 Å². The van der Waals surface area contributed by atoms with Gasteiger partial charge in [-0.15, -0.1) is 11.8 Å². The molecule has 0 radical (unpaired) electrons. The molecule has 0 aliphatic carbocycles. The van der Waals surface area contributed by atoms with Gasteiger partial charge in [0.25, 0.3) is 0 Å². The number of carbonyl (C=O) groups is 3. The molecule has 1 fully saturated rings. The number of carboxylic acid groups (broad SMARTS) is 1. The average molecular weight is 262 g/mol. The average Bonchev–Trinajstić information content (AvgIpc) is 2.65. The van der Waals surface area contributed by atoms with Gasteiger partial charge in [0, 0.05) is 7.11 Å². The maximum atomic E-state index is 11.4. The van der Waals surface area contributed by atoms with Crippen LogP contribution in [0, 0.1) is 0 Å². The maximum absolute atomic E-state index is 11.4. The molecule has 0 spiro atoms. The first-order valence-corrected chi connectivity index (χ1v) is 6.08. The molecular weight excluding hydrogens is 248 g/mol. The second-order valence-corrected chi connectivity index (χ2v) is 4.39. The first-order chi connectivity index (χ1) is 8.04. The zero-order chi connectivity index (χ0) is 12.8. The summed E-state index contributed by atoms with van der Waals surface area (Å²) in [5.41, 5.74) is 0. The number of thioether (sulfide) groups is 1. The molecule has 0 aromatic carbocycles. The van der Waals surface area contributed by atoms with Gasteiger partial charge in [-0.25, -0.2) is 4.79 Å². The van der Waals surface area contributed by atoms with Gasteiger partial charge in [0.05, 0.1) is 18.2 Å². The minimum atomic E-state index is -1.14. The van der Waals surface area contributed by atoms with Crippen LogP contribution < -0.4 is 5.32 Å². The van der Waals surface area contributed by atoms with Crippen molar-refractivity contribution in [2.45, 2.75) is 6.10 Å². The second-order valence-electron chi connectivity index (χ2n) is 3.44. The van der Waals surface area contributed by atoms with Crippen molar-refractivity contribution in [2.24, 2.45) is 0 Å². The van der Waals surface area contributed by atoms with Crippen molar-refractivity contribution in [3.63, 3.8) is 0 Å². The number of hydrogen-bond donors (Lipinski definition) is 2. The molecule has 2 N–H and O–H groups in total. The largest absolute Gasteiger partial charge is 0.479 e. The van der Waals surface area contributed by atoms with Crippen LogP contribution in [-0.2, 0) is 19.1 Å². The fourth-order valence-corrected chi connectivity index (χ4v) is 2.15. The summed E-state index contributed by atoms with van der Waals surface area (Å²) >= 11 is 1.44. The van der Waals surface area contributed by atoms with Gasteiger partial charge in [-0.05, 0) is 0 Å². The molecule has 1 aliphatic rings. The van der Waals surface area contributed by atoms with Crippen LogP contribution in [0.2, 0.25) is 0 Å². The van der Waals surface area contributed by atoms with Gasteiger partial charge >= 0.3 is 5.97 Å². The summed E-state index contributed by atoms with van der Waals surface area (Å²) in [5.74, 6) is -0.710. The van der Waals surface area contributed by atoms with Crippen LogP contribution in [0.4, 0.5) is 0 Å². The Balaban J connectivity index is 2.29. The van der Waals surface area contributed by atoms with Gasteiger partial charge in [0.15, 0.2) is 6.10 Å². The first kappa shape index (κ1) is 13.8. The Hall–Kier alpha value is -1.28. The molecule has 1 unspecified atom stereocenters. The zero-order valence-corrected chi connectivity index (χ0v) is 10.2. The van der Waals surface area contributed by atoms with E-state index in [2.05, 4.69) is 10.1 Å². The molecule has 8 heteroatoms. The van der Waals surface area contributed by atoms with E-state index in [1.807, 2.05) is 0 Å². The Morgan fingerprint density at radius 2 is 2.35 bits per heavy atom. The number of rotatable bonds is 6. The predicted octanol–water partition coefficient (Wildman–Crippen LogP) is -1.26. The SMILES string of the molecule is COC(CNC(=O)CN1CSCC1=O)C(=O)O. The Bertz CT molecular complexity index is 323. The number of amides is 2. The standard InChI is InChI=1S/C9H14N2O5S/c1-16-6(9(14)15)2-10-7(12)3-11-5-17-4-8(11)13/h6H,2-5H2,1H3,(H,10,12)(H,14,15). The predicted molar refractivity (Wildman–Crippen MR) is 60.5 cm³/mol. The van der Waals surface area contributed by atoms with Crippen molar-refractivity contribution in [3.8, 4) is 0 Å². The van der Waals surface area contributed by atoms with Gasteiger partial charge in [0.2, 0.25) is 11.8 Å². The van der Waals surface area contributed by atoms with Gasteiger partial charge in [0.1, 0.15) is 6.54 Å². The summed E-state index contributed by atoms with van der Waals surface area (Å²) in [7, 11) is 1.26. The number of nitrogens with zero attached hydrogens (tertiary/aromatic N) is 1. The van der Waals surface area contributed by atoms with Crippen LogP contribution in [-0.4, -0.2) is 65.7 Å². The number of nitrogens with one attached hydrogen (secondary N) is 1. The summed E-state index contributed by atoms with van der Waals surface area (Å²) in [5, 5.41) is 11.1. The molecule has 17 heavy (non-hydrogen) atoms. The number of methoxy groups -OCH3 is 1. The highest BCUT2D eigenvalue weighted by atomic mass is 32.2. The highest BCUT2D eigenvalue weighted by molar-refractivity contribution is 8.00. The quantitative estimate of drug-likeness (QED) is 0.620. The van der Waals surface area contributed by atoms with Crippen molar-refractivity contribution in [1.82, 2.24) is 10.2 Å². The maximum Gasteiger partial charge on any atom is 0.334 e. The van der Waals surface area contributed by atoms with Crippen LogP contribution in [0.15, 0.2) is 0 Å². The van der Waals surface area contributed by atoms with E-state index < -0.39 is 12.1 Å². The number of carbonyl (C=O) groups excluding carboxylic acids is 2. The van der Waals surface area contributed by atoms with Gasteiger partial charge in [-0.1, -0.05) is 0 Å². The Morgan fingerprint density at radius 1 is 1.65 bits per heavy atom. The summed E-state index contributed by atoms with van der Waals surface area (Å²) < 4.78 is 4.65. The van der Waals surface area contributed by atoms with Crippen molar-refractivity contribution >= 4 is 29.5 Å². The smallest absolute Gasteiger partial charge is 0.334 e. The van der Waals surface area contributed by atoms with Crippen LogP contribution in [0.25, 0.3) is 0 Å². The van der Waals surface area contributed by atoms with Gasteiger partial charge in [-0.2, -0.15) is 0 Å². The molecule has 1 rings (SSSR count). The highest BCUT2D eigenvalue weighted by Gasteiger charge is 2.23. The second kappa shape index (κ2) is 6.45. The molecule has 1 atom stereocenters.